The van der Waals surface area contributed by atoms with Crippen molar-refractivity contribution in [2.45, 2.75) is 30.8 Å². The van der Waals surface area contributed by atoms with Crippen molar-refractivity contribution in [1.82, 2.24) is 0 Å². The summed E-state index contributed by atoms with van der Waals surface area (Å²) in [6.07, 6.45) is 1.06. The number of furan rings is 1. The Morgan fingerprint density at radius 3 is 2.63 bits per heavy atom. The lowest BCUT2D eigenvalue weighted by Gasteiger charge is -2.27. The molecule has 0 N–H and O–H groups in total. The maximum Gasteiger partial charge on any atom is 0.269 e. The second-order valence-corrected chi connectivity index (χ2v) is 7.39. The second kappa shape index (κ2) is 5.40. The highest BCUT2D eigenvalue weighted by Gasteiger charge is 2.66. The number of benzene rings is 1. The van der Waals surface area contributed by atoms with E-state index >= 15 is 0 Å². The van der Waals surface area contributed by atoms with Gasteiger partial charge in [0.15, 0.2) is 11.9 Å². The van der Waals surface area contributed by atoms with Crippen LogP contribution in [0.25, 0.3) is 11.3 Å². The highest BCUT2D eigenvalue weighted by molar-refractivity contribution is 6.02. The normalized spacial score (nSPS) is 35.6. The number of nitrogens with zero attached hydrogens (tertiary/aromatic N) is 2. The molecule has 4 aliphatic heterocycles. The van der Waals surface area contributed by atoms with E-state index in [1.165, 1.54) is 12.1 Å². The molecule has 0 spiro atoms. The third-order valence-corrected chi connectivity index (χ3v) is 6.08. The van der Waals surface area contributed by atoms with Crippen molar-refractivity contribution >= 4 is 11.4 Å². The standard InChI is InChI=1S/C19H16N2O6/c22-21(23)10-3-1-9(2-4-10)12-5-6-13(25-12)15-14-18-16-11(7-8-24-16)17(26-18)19(14)27-20-15/h1-6,11,14,16-19H,7-8H2. The van der Waals surface area contributed by atoms with Crippen LogP contribution in [0.3, 0.4) is 0 Å². The van der Waals surface area contributed by atoms with Crippen LogP contribution in [-0.4, -0.2) is 41.7 Å². The molecule has 2 aromatic rings. The van der Waals surface area contributed by atoms with Gasteiger partial charge in [0.25, 0.3) is 5.69 Å². The van der Waals surface area contributed by atoms with Gasteiger partial charge < -0.3 is 18.7 Å². The van der Waals surface area contributed by atoms with Crippen LogP contribution in [0.2, 0.25) is 0 Å². The van der Waals surface area contributed by atoms with Crippen LogP contribution in [0.4, 0.5) is 5.69 Å². The Hall–Kier alpha value is -2.71. The Morgan fingerprint density at radius 1 is 1.00 bits per heavy atom. The van der Waals surface area contributed by atoms with Crippen LogP contribution < -0.4 is 0 Å². The Balaban J connectivity index is 1.28. The molecule has 4 aliphatic rings. The maximum atomic E-state index is 10.8. The first-order valence-corrected chi connectivity index (χ1v) is 9.06. The van der Waals surface area contributed by atoms with Crippen LogP contribution in [0.5, 0.6) is 0 Å². The second-order valence-electron chi connectivity index (χ2n) is 7.39. The molecule has 3 saturated heterocycles. The molecule has 0 radical (unpaired) electrons. The average Bonchev–Trinajstić information content (AvgIpc) is 3.45. The molecule has 2 bridgehead atoms. The molecule has 0 aliphatic carbocycles. The molecule has 27 heavy (non-hydrogen) atoms. The number of nitro benzene ring substituents is 1. The van der Waals surface area contributed by atoms with Crippen LogP contribution in [0.1, 0.15) is 12.2 Å². The van der Waals surface area contributed by atoms with E-state index in [1.54, 1.807) is 12.1 Å². The van der Waals surface area contributed by atoms with Crippen molar-refractivity contribution in [3.8, 4) is 11.3 Å². The number of nitro groups is 1. The molecule has 138 valence electrons. The quantitative estimate of drug-likeness (QED) is 0.610. The minimum atomic E-state index is -0.421. The third kappa shape index (κ3) is 2.08. The smallest absolute Gasteiger partial charge is 0.269 e. The first kappa shape index (κ1) is 15.4. The molecule has 1 aromatic heterocycles. The average molecular weight is 368 g/mol. The summed E-state index contributed by atoms with van der Waals surface area (Å²) in [7, 11) is 0. The fourth-order valence-corrected chi connectivity index (χ4v) is 4.88. The maximum absolute atomic E-state index is 10.8. The van der Waals surface area contributed by atoms with Gasteiger partial charge in [-0.15, -0.1) is 0 Å². The van der Waals surface area contributed by atoms with E-state index < -0.39 is 4.92 Å². The molecule has 5 heterocycles. The first-order chi connectivity index (χ1) is 13.2. The predicted molar refractivity (Wildman–Crippen MR) is 92.2 cm³/mol. The molecule has 1 aromatic carbocycles. The van der Waals surface area contributed by atoms with Gasteiger partial charge in [-0.25, -0.2) is 0 Å². The van der Waals surface area contributed by atoms with E-state index in [9.17, 15) is 10.1 Å². The topological polar surface area (TPSA) is 96.3 Å². The number of hydrogen-bond acceptors (Lipinski definition) is 7. The highest BCUT2D eigenvalue weighted by atomic mass is 16.7. The predicted octanol–water partition coefficient (Wildman–Crippen LogP) is 2.76. The first-order valence-electron chi connectivity index (χ1n) is 9.06. The van der Waals surface area contributed by atoms with Gasteiger partial charge in [-0.05, 0) is 30.7 Å². The summed E-state index contributed by atoms with van der Waals surface area (Å²) in [5.41, 5.74) is 1.58. The molecular weight excluding hydrogens is 352 g/mol. The van der Waals surface area contributed by atoms with Crippen LogP contribution in [0.15, 0.2) is 46.0 Å². The molecule has 3 fully saturated rings. The van der Waals surface area contributed by atoms with Crippen molar-refractivity contribution in [2.24, 2.45) is 17.0 Å². The molecule has 6 unspecified atom stereocenters. The Labute approximate surface area is 153 Å². The van der Waals surface area contributed by atoms with Crippen LogP contribution >= 0.6 is 0 Å². The summed E-state index contributed by atoms with van der Waals surface area (Å²) in [4.78, 5) is 16.1. The lowest BCUT2D eigenvalue weighted by atomic mass is 9.76. The molecule has 8 heteroatoms. The van der Waals surface area contributed by atoms with Crippen molar-refractivity contribution in [1.29, 1.82) is 0 Å². The fourth-order valence-electron chi connectivity index (χ4n) is 4.88. The van der Waals surface area contributed by atoms with Gasteiger partial charge in [-0.3, -0.25) is 10.1 Å². The van der Waals surface area contributed by atoms with Crippen molar-refractivity contribution in [2.75, 3.05) is 6.61 Å². The Kier molecular flexibility index (Phi) is 3.07. The van der Waals surface area contributed by atoms with Crippen LogP contribution in [0, 0.1) is 22.0 Å². The van der Waals surface area contributed by atoms with Gasteiger partial charge in [0.1, 0.15) is 17.6 Å². The van der Waals surface area contributed by atoms with Gasteiger partial charge in [0.2, 0.25) is 0 Å². The minimum absolute atomic E-state index is 0.0187. The Bertz CT molecular complexity index is 951. The third-order valence-electron chi connectivity index (χ3n) is 6.08. The zero-order valence-electron chi connectivity index (χ0n) is 14.2. The SMILES string of the molecule is O=[N+]([O-])c1ccc(-c2ccc(C3=NOC4C5OC(C6OCCC56)C34)o2)cc1. The van der Waals surface area contributed by atoms with E-state index in [2.05, 4.69) is 5.16 Å². The zero-order valence-corrected chi connectivity index (χ0v) is 14.2. The van der Waals surface area contributed by atoms with Gasteiger partial charge in [-0.1, -0.05) is 5.16 Å². The Morgan fingerprint density at radius 2 is 1.81 bits per heavy atom. The molecule has 8 nitrogen and oxygen atoms in total. The van der Waals surface area contributed by atoms with Crippen molar-refractivity contribution in [3.05, 3.63) is 52.3 Å². The zero-order chi connectivity index (χ0) is 18.1. The molecule has 6 atom stereocenters. The summed E-state index contributed by atoms with van der Waals surface area (Å²) in [6, 6.07) is 9.98. The number of ether oxygens (including phenoxy) is 2. The summed E-state index contributed by atoms with van der Waals surface area (Å²) < 4.78 is 18.0. The lowest BCUT2D eigenvalue weighted by Crippen LogP contribution is -2.45. The summed E-state index contributed by atoms with van der Waals surface area (Å²) >= 11 is 0. The van der Waals surface area contributed by atoms with Crippen molar-refractivity contribution < 1.29 is 23.7 Å². The summed E-state index contributed by atoms with van der Waals surface area (Å²) in [5.74, 6) is 1.69. The minimum Gasteiger partial charge on any atom is -0.455 e. The molecule has 6 rings (SSSR count). The van der Waals surface area contributed by atoms with Gasteiger partial charge >= 0.3 is 0 Å². The summed E-state index contributed by atoms with van der Waals surface area (Å²) in [5, 5.41) is 15.1. The molecule has 0 amide bonds. The number of non-ortho nitro benzene ring substituents is 1. The van der Waals surface area contributed by atoms with E-state index in [0.29, 0.717) is 17.4 Å². The number of fused-ring (bicyclic) bond motifs is 8. The summed E-state index contributed by atoms with van der Waals surface area (Å²) in [6.45, 7) is 0.780. The van der Waals surface area contributed by atoms with Crippen LogP contribution in [-0.2, 0) is 14.3 Å². The van der Waals surface area contributed by atoms with Crippen molar-refractivity contribution in [3.63, 3.8) is 0 Å². The molecular formula is C19H16N2O6. The highest BCUT2D eigenvalue weighted by Crippen LogP contribution is 2.52. The largest absolute Gasteiger partial charge is 0.455 e. The molecule has 0 saturated carbocycles. The van der Waals surface area contributed by atoms with E-state index in [0.717, 1.165) is 24.3 Å². The van der Waals surface area contributed by atoms with E-state index in [1.807, 2.05) is 12.1 Å². The number of rotatable bonds is 3. The van der Waals surface area contributed by atoms with Gasteiger partial charge in [0.05, 0.1) is 23.0 Å². The number of hydrogen-bond donors (Lipinski definition) is 0. The monoisotopic (exact) mass is 368 g/mol. The van der Waals surface area contributed by atoms with Gasteiger partial charge in [0, 0.05) is 30.2 Å². The van der Waals surface area contributed by atoms with E-state index in [4.69, 9.17) is 18.7 Å². The number of oxime groups is 1. The fraction of sp³-hybridized carbons (Fsp3) is 0.421. The lowest BCUT2D eigenvalue weighted by molar-refractivity contribution is -0.384. The van der Waals surface area contributed by atoms with Gasteiger partial charge in [-0.2, -0.15) is 0 Å². The van der Waals surface area contributed by atoms with E-state index in [-0.39, 0.29) is 36.0 Å².